The van der Waals surface area contributed by atoms with E-state index in [0.29, 0.717) is 6.54 Å². The molecule has 5 nitrogen and oxygen atoms in total. The van der Waals surface area contributed by atoms with E-state index in [0.717, 1.165) is 37.2 Å². The van der Waals surface area contributed by atoms with Crippen LogP contribution in [0.2, 0.25) is 0 Å². The Morgan fingerprint density at radius 3 is 2.39 bits per heavy atom. The van der Waals surface area contributed by atoms with E-state index in [1.54, 1.807) is 0 Å². The lowest BCUT2D eigenvalue weighted by Gasteiger charge is -2.28. The van der Waals surface area contributed by atoms with Crippen molar-refractivity contribution in [1.82, 2.24) is 9.62 Å². The molecule has 0 amide bonds. The molecule has 1 aliphatic heterocycles. The number of likely N-dealkylation sites (tertiary alicyclic amines) is 1. The molecule has 1 heterocycles. The summed E-state index contributed by atoms with van der Waals surface area (Å²) in [6, 6.07) is 8.32. The Morgan fingerprint density at radius 2 is 1.87 bits per heavy atom. The highest BCUT2D eigenvalue weighted by molar-refractivity contribution is 7.89. The van der Waals surface area contributed by atoms with Crippen molar-refractivity contribution in [3.8, 4) is 12.3 Å². The van der Waals surface area contributed by atoms with Gasteiger partial charge in [0.25, 0.3) is 0 Å². The third-order valence-corrected chi connectivity index (χ3v) is 5.30. The summed E-state index contributed by atoms with van der Waals surface area (Å²) in [6.07, 6.45) is 7.43. The fourth-order valence-electron chi connectivity index (χ4n) is 2.87. The zero-order valence-corrected chi connectivity index (χ0v) is 14.6. The second-order valence-electron chi connectivity index (χ2n) is 6.06. The molecule has 0 unspecified atom stereocenters. The van der Waals surface area contributed by atoms with Crippen LogP contribution in [0.4, 0.5) is 5.69 Å². The number of terminal acetylenes is 1. The highest BCUT2D eigenvalue weighted by Crippen LogP contribution is 2.26. The van der Waals surface area contributed by atoms with Gasteiger partial charge >= 0.3 is 0 Å². The summed E-state index contributed by atoms with van der Waals surface area (Å²) in [5.41, 5.74) is 2.25. The van der Waals surface area contributed by atoms with Gasteiger partial charge in [-0.1, -0.05) is 18.1 Å². The summed E-state index contributed by atoms with van der Waals surface area (Å²) in [7, 11) is 0.595. The summed E-state index contributed by atoms with van der Waals surface area (Å²) >= 11 is 0. The summed E-state index contributed by atoms with van der Waals surface area (Å²) in [6.45, 7) is 2.35. The minimum atomic E-state index is -3.41. The first-order chi connectivity index (χ1) is 10.9. The van der Waals surface area contributed by atoms with Gasteiger partial charge in [-0.15, -0.1) is 6.42 Å². The molecule has 1 aromatic carbocycles. The van der Waals surface area contributed by atoms with Gasteiger partial charge in [-0.2, -0.15) is 0 Å². The van der Waals surface area contributed by atoms with Gasteiger partial charge in [0.15, 0.2) is 0 Å². The third-order valence-electron chi connectivity index (χ3n) is 4.15. The Balaban J connectivity index is 2.15. The second kappa shape index (κ2) is 7.82. The van der Waals surface area contributed by atoms with Gasteiger partial charge in [0, 0.05) is 32.4 Å². The van der Waals surface area contributed by atoms with Gasteiger partial charge in [-0.3, -0.25) is 4.90 Å². The molecule has 0 spiro atoms. The van der Waals surface area contributed by atoms with Gasteiger partial charge in [-0.25, -0.2) is 13.1 Å². The monoisotopic (exact) mass is 335 g/mol. The van der Waals surface area contributed by atoms with Crippen molar-refractivity contribution in [2.45, 2.75) is 18.9 Å². The van der Waals surface area contributed by atoms with Crippen molar-refractivity contribution in [3.05, 3.63) is 29.8 Å². The van der Waals surface area contributed by atoms with Crippen molar-refractivity contribution in [2.75, 3.05) is 44.4 Å². The van der Waals surface area contributed by atoms with Crippen molar-refractivity contribution in [2.24, 2.45) is 0 Å². The van der Waals surface area contributed by atoms with Crippen LogP contribution in [0.25, 0.3) is 0 Å². The molecule has 0 radical (unpaired) electrons. The lowest BCUT2D eigenvalue weighted by atomic mass is 10.1. The maximum atomic E-state index is 11.8. The third kappa shape index (κ3) is 4.96. The van der Waals surface area contributed by atoms with E-state index >= 15 is 0 Å². The van der Waals surface area contributed by atoms with Crippen molar-refractivity contribution < 1.29 is 8.42 Å². The van der Waals surface area contributed by atoms with E-state index in [-0.39, 0.29) is 11.8 Å². The highest BCUT2D eigenvalue weighted by atomic mass is 32.2. The average molecular weight is 335 g/mol. The van der Waals surface area contributed by atoms with Gasteiger partial charge in [-0.05, 0) is 43.6 Å². The summed E-state index contributed by atoms with van der Waals surface area (Å²) in [4.78, 5) is 4.38. The SMILES string of the molecule is C#CCS(=O)(=O)NC[C@@H](c1ccc(N(C)C)cc1)N1CCCC1. The molecule has 1 atom stereocenters. The number of sulfonamides is 1. The fraction of sp³-hybridized carbons (Fsp3) is 0.529. The second-order valence-corrected chi connectivity index (χ2v) is 7.86. The molecule has 1 aromatic rings. The molecule has 1 N–H and O–H groups in total. The van der Waals surface area contributed by atoms with Crippen molar-refractivity contribution in [3.63, 3.8) is 0 Å². The van der Waals surface area contributed by atoms with E-state index in [1.807, 2.05) is 19.0 Å². The molecule has 0 bridgehead atoms. The predicted molar refractivity (Wildman–Crippen MR) is 94.9 cm³/mol. The van der Waals surface area contributed by atoms with Crippen molar-refractivity contribution in [1.29, 1.82) is 0 Å². The van der Waals surface area contributed by atoms with Crippen LogP contribution < -0.4 is 9.62 Å². The Bertz CT molecular complexity index is 641. The first-order valence-electron chi connectivity index (χ1n) is 7.85. The topological polar surface area (TPSA) is 52.7 Å². The Kier molecular flexibility index (Phi) is 6.05. The normalized spacial score (nSPS) is 16.9. The standard InChI is InChI=1S/C17H25N3O2S/c1-4-13-23(21,22)18-14-17(20-11-5-6-12-20)15-7-9-16(10-8-15)19(2)3/h1,7-10,17-18H,5-6,11-14H2,2-3H3/t17-/m0/s1. The number of nitrogens with zero attached hydrogens (tertiary/aromatic N) is 2. The number of hydrogen-bond donors (Lipinski definition) is 1. The van der Waals surface area contributed by atoms with Crippen LogP contribution in [0.3, 0.4) is 0 Å². The van der Waals surface area contributed by atoms with E-state index in [9.17, 15) is 8.42 Å². The van der Waals surface area contributed by atoms with E-state index in [4.69, 9.17) is 6.42 Å². The number of benzene rings is 1. The van der Waals surface area contributed by atoms with Gasteiger partial charge in [0.2, 0.25) is 10.0 Å². The van der Waals surface area contributed by atoms with Crippen LogP contribution in [-0.2, 0) is 10.0 Å². The largest absolute Gasteiger partial charge is 0.378 e. The lowest BCUT2D eigenvalue weighted by molar-refractivity contribution is 0.246. The predicted octanol–water partition coefficient (Wildman–Crippen LogP) is 1.44. The summed E-state index contributed by atoms with van der Waals surface area (Å²) < 4.78 is 26.3. The lowest BCUT2D eigenvalue weighted by Crippen LogP contribution is -2.37. The smallest absolute Gasteiger partial charge is 0.222 e. The highest BCUT2D eigenvalue weighted by Gasteiger charge is 2.25. The van der Waals surface area contributed by atoms with Crippen LogP contribution in [0.1, 0.15) is 24.4 Å². The maximum Gasteiger partial charge on any atom is 0.222 e. The first-order valence-corrected chi connectivity index (χ1v) is 9.50. The molecule has 0 saturated carbocycles. The minimum Gasteiger partial charge on any atom is -0.378 e. The van der Waals surface area contributed by atoms with E-state index < -0.39 is 10.0 Å². The van der Waals surface area contributed by atoms with Crippen LogP contribution in [0.15, 0.2) is 24.3 Å². The molecule has 0 aliphatic carbocycles. The Labute approximate surface area is 139 Å². The molecule has 126 valence electrons. The number of anilines is 1. The van der Waals surface area contributed by atoms with Crippen LogP contribution >= 0.6 is 0 Å². The molecule has 23 heavy (non-hydrogen) atoms. The van der Waals surface area contributed by atoms with Gasteiger partial charge in [0.1, 0.15) is 5.75 Å². The van der Waals surface area contributed by atoms with Crippen molar-refractivity contribution >= 4 is 15.7 Å². The molecule has 1 saturated heterocycles. The van der Waals surface area contributed by atoms with Gasteiger partial charge in [0.05, 0.1) is 0 Å². The number of nitrogens with one attached hydrogen (secondary N) is 1. The summed E-state index contributed by atoms with van der Waals surface area (Å²) in [5.74, 6) is 1.91. The average Bonchev–Trinajstić information content (AvgIpc) is 3.02. The van der Waals surface area contributed by atoms with Gasteiger partial charge < -0.3 is 4.90 Å². The number of hydrogen-bond acceptors (Lipinski definition) is 4. The number of rotatable bonds is 7. The van der Waals surface area contributed by atoms with Crippen LogP contribution in [0, 0.1) is 12.3 Å². The fourth-order valence-corrected chi connectivity index (χ4v) is 3.61. The molecular formula is C17H25N3O2S. The zero-order valence-electron chi connectivity index (χ0n) is 13.8. The molecule has 1 aliphatic rings. The zero-order chi connectivity index (χ0) is 16.9. The molecular weight excluding hydrogens is 310 g/mol. The Hall–Kier alpha value is -1.55. The van der Waals surface area contributed by atoms with Crippen LogP contribution in [0.5, 0.6) is 0 Å². The molecule has 2 rings (SSSR count). The molecule has 0 aromatic heterocycles. The Morgan fingerprint density at radius 1 is 1.26 bits per heavy atom. The first kappa shape index (κ1) is 17.8. The van der Waals surface area contributed by atoms with E-state index in [1.165, 1.54) is 0 Å². The quantitative estimate of drug-likeness (QED) is 0.766. The van der Waals surface area contributed by atoms with E-state index in [2.05, 4.69) is 39.8 Å². The molecule has 1 fully saturated rings. The summed E-state index contributed by atoms with van der Waals surface area (Å²) in [5, 5.41) is 0. The minimum absolute atomic E-state index is 0.0428. The van der Waals surface area contributed by atoms with Crippen LogP contribution in [-0.4, -0.2) is 52.8 Å². The maximum absolute atomic E-state index is 11.8. The molecule has 6 heteroatoms.